The van der Waals surface area contributed by atoms with Crippen molar-refractivity contribution in [2.24, 2.45) is 0 Å². The molecule has 1 aromatic heterocycles. The molecule has 0 saturated heterocycles. The zero-order valence-electron chi connectivity index (χ0n) is 13.3. The van der Waals surface area contributed by atoms with Crippen LogP contribution in [0.1, 0.15) is 21.6 Å². The molecule has 128 valence electrons. The lowest BCUT2D eigenvalue weighted by atomic mass is 10.2. The van der Waals surface area contributed by atoms with Crippen LogP contribution in [0.3, 0.4) is 0 Å². The summed E-state index contributed by atoms with van der Waals surface area (Å²) in [5, 5.41) is 11.0. The average Bonchev–Trinajstić information content (AvgIpc) is 2.93. The first kappa shape index (κ1) is 16.9. The molecule has 8 heteroatoms. The number of aryl methyl sites for hydroxylation is 1. The third kappa shape index (κ3) is 3.61. The highest BCUT2D eigenvalue weighted by molar-refractivity contribution is 6.31. The number of nitrogens with two attached hydrogens (primary N) is 1. The van der Waals surface area contributed by atoms with Gasteiger partial charge < -0.3 is 11.1 Å². The average molecular weight is 360 g/mol. The van der Waals surface area contributed by atoms with E-state index in [1.807, 2.05) is 18.2 Å². The molecule has 0 unspecified atom stereocenters. The molecule has 3 rings (SSSR count). The molecule has 0 radical (unpaired) electrons. The van der Waals surface area contributed by atoms with Crippen molar-refractivity contribution in [3.8, 4) is 0 Å². The summed E-state index contributed by atoms with van der Waals surface area (Å²) in [5.74, 6) is -0.768. The molecule has 0 aliphatic rings. The molecule has 1 amide bonds. The van der Waals surface area contributed by atoms with Crippen molar-refractivity contribution in [1.29, 1.82) is 0 Å². The van der Waals surface area contributed by atoms with Crippen molar-refractivity contribution < 1.29 is 9.18 Å². The van der Waals surface area contributed by atoms with E-state index in [4.69, 9.17) is 17.3 Å². The Bertz CT molecular complexity index is 941. The molecular formula is C17H15ClFN5O. The van der Waals surface area contributed by atoms with Crippen molar-refractivity contribution in [2.45, 2.75) is 13.5 Å². The summed E-state index contributed by atoms with van der Waals surface area (Å²) >= 11 is 6.12. The first-order valence-corrected chi connectivity index (χ1v) is 7.83. The standard InChI is InChI=1S/C17H15ClFN5O/c1-10-8-12(19)6-7-14(10)21-17(25)15-16(20)24(23-22-15)9-11-4-2-3-5-13(11)18/h2-8H,9,20H2,1H3,(H,21,25). The molecule has 6 nitrogen and oxygen atoms in total. The number of carbonyl (C=O) groups is 1. The van der Waals surface area contributed by atoms with E-state index in [-0.39, 0.29) is 17.3 Å². The third-order valence-electron chi connectivity index (χ3n) is 3.70. The van der Waals surface area contributed by atoms with Crippen molar-refractivity contribution in [2.75, 3.05) is 11.1 Å². The lowest BCUT2D eigenvalue weighted by molar-refractivity contribution is 0.102. The predicted octanol–water partition coefficient (Wildman–Crippen LogP) is 3.26. The Kier molecular flexibility index (Phi) is 4.67. The van der Waals surface area contributed by atoms with E-state index in [0.717, 1.165) is 5.56 Å². The monoisotopic (exact) mass is 359 g/mol. The highest BCUT2D eigenvalue weighted by Gasteiger charge is 2.19. The van der Waals surface area contributed by atoms with Gasteiger partial charge in [-0.25, -0.2) is 9.07 Å². The van der Waals surface area contributed by atoms with Crippen LogP contribution in [0.4, 0.5) is 15.9 Å². The van der Waals surface area contributed by atoms with Crippen LogP contribution in [0, 0.1) is 12.7 Å². The minimum absolute atomic E-state index is 0.00391. The highest BCUT2D eigenvalue weighted by atomic mass is 35.5. The van der Waals surface area contributed by atoms with Gasteiger partial charge in [0.2, 0.25) is 0 Å². The van der Waals surface area contributed by atoms with Crippen molar-refractivity contribution in [3.05, 3.63) is 70.1 Å². The fraction of sp³-hybridized carbons (Fsp3) is 0.118. The number of nitrogens with one attached hydrogen (secondary N) is 1. The normalized spacial score (nSPS) is 10.7. The molecule has 3 N–H and O–H groups in total. The lowest BCUT2D eigenvalue weighted by Crippen LogP contribution is -2.16. The van der Waals surface area contributed by atoms with Crippen LogP contribution >= 0.6 is 11.6 Å². The molecule has 3 aromatic rings. The Balaban J connectivity index is 1.80. The number of anilines is 2. The van der Waals surface area contributed by atoms with Crippen LogP contribution < -0.4 is 11.1 Å². The number of halogens is 2. The Labute approximate surface area is 148 Å². The van der Waals surface area contributed by atoms with Gasteiger partial charge in [0.05, 0.1) is 6.54 Å². The van der Waals surface area contributed by atoms with Crippen molar-refractivity contribution >= 4 is 29.0 Å². The number of carbonyl (C=O) groups excluding carboxylic acids is 1. The SMILES string of the molecule is Cc1cc(F)ccc1NC(=O)c1nnn(Cc2ccccc2Cl)c1N. The summed E-state index contributed by atoms with van der Waals surface area (Å²) in [6, 6.07) is 11.3. The van der Waals surface area contributed by atoms with Gasteiger partial charge in [0.25, 0.3) is 5.91 Å². The van der Waals surface area contributed by atoms with E-state index < -0.39 is 5.91 Å². The van der Waals surface area contributed by atoms with Gasteiger partial charge in [-0.15, -0.1) is 5.10 Å². The molecule has 0 aliphatic carbocycles. The molecule has 0 bridgehead atoms. The van der Waals surface area contributed by atoms with Crippen LogP contribution in [0.2, 0.25) is 5.02 Å². The number of rotatable bonds is 4. The molecule has 0 fully saturated rings. The molecule has 2 aromatic carbocycles. The number of hydrogen-bond donors (Lipinski definition) is 2. The quantitative estimate of drug-likeness (QED) is 0.748. The summed E-state index contributed by atoms with van der Waals surface area (Å²) in [4.78, 5) is 12.4. The second-order valence-electron chi connectivity index (χ2n) is 5.49. The van der Waals surface area contributed by atoms with E-state index in [0.29, 0.717) is 22.8 Å². The van der Waals surface area contributed by atoms with Gasteiger partial charge in [-0.3, -0.25) is 4.79 Å². The number of nitrogen functional groups attached to an aromatic ring is 1. The van der Waals surface area contributed by atoms with Gasteiger partial charge in [-0.2, -0.15) is 0 Å². The number of nitrogens with zero attached hydrogens (tertiary/aromatic N) is 3. The largest absolute Gasteiger partial charge is 0.382 e. The molecule has 0 spiro atoms. The minimum Gasteiger partial charge on any atom is -0.382 e. The number of benzene rings is 2. The van der Waals surface area contributed by atoms with Gasteiger partial charge >= 0.3 is 0 Å². The smallest absolute Gasteiger partial charge is 0.280 e. The summed E-state index contributed by atoms with van der Waals surface area (Å²) in [6.45, 7) is 1.98. The van der Waals surface area contributed by atoms with E-state index in [1.54, 1.807) is 13.0 Å². The van der Waals surface area contributed by atoms with Crippen LogP contribution in [0.25, 0.3) is 0 Å². The predicted molar refractivity (Wildman–Crippen MR) is 94.1 cm³/mol. The van der Waals surface area contributed by atoms with Gasteiger partial charge in [-0.1, -0.05) is 35.0 Å². The topological polar surface area (TPSA) is 85.8 Å². The maximum Gasteiger partial charge on any atom is 0.280 e. The molecule has 0 atom stereocenters. The second kappa shape index (κ2) is 6.90. The first-order chi connectivity index (χ1) is 12.0. The summed E-state index contributed by atoms with van der Waals surface area (Å²) in [5.41, 5.74) is 7.87. The summed E-state index contributed by atoms with van der Waals surface area (Å²) in [6.07, 6.45) is 0. The summed E-state index contributed by atoms with van der Waals surface area (Å²) < 4.78 is 14.5. The van der Waals surface area contributed by atoms with E-state index in [2.05, 4.69) is 15.6 Å². The maximum atomic E-state index is 13.1. The Hall–Kier alpha value is -2.93. The van der Waals surface area contributed by atoms with Gasteiger partial charge in [0.1, 0.15) is 5.82 Å². The van der Waals surface area contributed by atoms with Crippen molar-refractivity contribution in [3.63, 3.8) is 0 Å². The molecule has 25 heavy (non-hydrogen) atoms. The fourth-order valence-electron chi connectivity index (χ4n) is 2.34. The lowest BCUT2D eigenvalue weighted by Gasteiger charge is -2.08. The van der Waals surface area contributed by atoms with Crippen molar-refractivity contribution in [1.82, 2.24) is 15.0 Å². The zero-order valence-corrected chi connectivity index (χ0v) is 14.1. The zero-order chi connectivity index (χ0) is 18.0. The Morgan fingerprint density at radius 1 is 1.32 bits per heavy atom. The molecule has 1 heterocycles. The first-order valence-electron chi connectivity index (χ1n) is 7.45. The molecule has 0 aliphatic heterocycles. The van der Waals surface area contributed by atoms with Crippen LogP contribution in [0.5, 0.6) is 0 Å². The van der Waals surface area contributed by atoms with Crippen LogP contribution in [-0.4, -0.2) is 20.9 Å². The van der Waals surface area contributed by atoms with E-state index in [1.165, 1.54) is 22.9 Å². The fourth-order valence-corrected chi connectivity index (χ4v) is 2.53. The van der Waals surface area contributed by atoms with Crippen LogP contribution in [0.15, 0.2) is 42.5 Å². The summed E-state index contributed by atoms with van der Waals surface area (Å²) in [7, 11) is 0. The number of aromatic nitrogens is 3. The van der Waals surface area contributed by atoms with Gasteiger partial charge in [0.15, 0.2) is 11.5 Å². The Morgan fingerprint density at radius 3 is 2.80 bits per heavy atom. The molecule has 0 saturated carbocycles. The number of hydrogen-bond acceptors (Lipinski definition) is 4. The Morgan fingerprint density at radius 2 is 2.08 bits per heavy atom. The third-order valence-corrected chi connectivity index (χ3v) is 4.07. The van der Waals surface area contributed by atoms with Crippen LogP contribution in [-0.2, 0) is 6.54 Å². The highest BCUT2D eigenvalue weighted by Crippen LogP contribution is 2.20. The van der Waals surface area contributed by atoms with Gasteiger partial charge in [-0.05, 0) is 42.3 Å². The van der Waals surface area contributed by atoms with E-state index in [9.17, 15) is 9.18 Å². The minimum atomic E-state index is -0.516. The molecular weight excluding hydrogens is 345 g/mol. The second-order valence-corrected chi connectivity index (χ2v) is 5.89. The number of amides is 1. The van der Waals surface area contributed by atoms with E-state index >= 15 is 0 Å². The maximum absolute atomic E-state index is 13.1. The van der Waals surface area contributed by atoms with Gasteiger partial charge in [0, 0.05) is 10.7 Å².